The van der Waals surface area contributed by atoms with Crippen LogP contribution in [0.15, 0.2) is 54.6 Å². The molecule has 0 spiro atoms. The third-order valence-electron chi connectivity index (χ3n) is 2.39. The average Bonchev–Trinajstić information content (AvgIpc) is 2.30. The van der Waals surface area contributed by atoms with E-state index in [1.54, 1.807) is 12.1 Å². The quantitative estimate of drug-likeness (QED) is 0.794. The van der Waals surface area contributed by atoms with E-state index in [9.17, 15) is 4.39 Å². The molecule has 2 heteroatoms. The van der Waals surface area contributed by atoms with Crippen LogP contribution in [0.4, 0.5) is 4.39 Å². The second-order valence-electron chi connectivity index (χ2n) is 3.44. The summed E-state index contributed by atoms with van der Waals surface area (Å²) in [7, 11) is 0. The molecule has 0 saturated heterocycles. The van der Waals surface area contributed by atoms with E-state index in [0.717, 1.165) is 11.1 Å². The van der Waals surface area contributed by atoms with Crippen LogP contribution >= 0.6 is 0 Å². The second-order valence-corrected chi connectivity index (χ2v) is 3.44. The fraction of sp³-hybridized carbons (Fsp3) is 0.0769. The van der Waals surface area contributed by atoms with Crippen molar-refractivity contribution in [2.24, 2.45) is 5.73 Å². The Bertz CT molecular complexity index is 422. The Kier molecular flexibility index (Phi) is 2.79. The monoisotopic (exact) mass is 201 g/mol. The molecule has 1 atom stereocenters. The maximum Gasteiger partial charge on any atom is 0.123 e. The van der Waals surface area contributed by atoms with Crippen LogP contribution in [0.3, 0.4) is 0 Å². The van der Waals surface area contributed by atoms with Crippen LogP contribution < -0.4 is 5.73 Å². The molecule has 0 saturated carbocycles. The summed E-state index contributed by atoms with van der Waals surface area (Å²) in [6, 6.07) is 15.9. The van der Waals surface area contributed by atoms with Crippen molar-refractivity contribution in [2.75, 3.05) is 0 Å². The first-order chi connectivity index (χ1) is 7.27. The van der Waals surface area contributed by atoms with Crippen molar-refractivity contribution in [3.8, 4) is 0 Å². The molecule has 2 N–H and O–H groups in total. The molecule has 2 aromatic carbocycles. The Hall–Kier alpha value is -1.67. The molecule has 0 aliphatic carbocycles. The van der Waals surface area contributed by atoms with Crippen molar-refractivity contribution < 1.29 is 4.39 Å². The summed E-state index contributed by atoms with van der Waals surface area (Å²) < 4.78 is 12.7. The van der Waals surface area contributed by atoms with Gasteiger partial charge in [0.15, 0.2) is 0 Å². The van der Waals surface area contributed by atoms with Gasteiger partial charge in [0, 0.05) is 0 Å². The maximum atomic E-state index is 12.7. The summed E-state index contributed by atoms with van der Waals surface area (Å²) in [5.41, 5.74) is 7.99. The van der Waals surface area contributed by atoms with Gasteiger partial charge in [0.2, 0.25) is 0 Å². The maximum absolute atomic E-state index is 12.7. The highest BCUT2D eigenvalue weighted by Crippen LogP contribution is 2.19. The molecular formula is C13H12FN. The Morgan fingerprint density at radius 3 is 1.93 bits per heavy atom. The van der Waals surface area contributed by atoms with Crippen LogP contribution in [-0.2, 0) is 0 Å². The number of rotatable bonds is 2. The molecule has 0 aliphatic rings. The first-order valence-corrected chi connectivity index (χ1v) is 4.83. The summed E-state index contributed by atoms with van der Waals surface area (Å²) in [6.07, 6.45) is 0. The third kappa shape index (κ3) is 2.22. The van der Waals surface area contributed by atoms with E-state index < -0.39 is 0 Å². The van der Waals surface area contributed by atoms with E-state index in [-0.39, 0.29) is 11.9 Å². The van der Waals surface area contributed by atoms with Gasteiger partial charge in [-0.05, 0) is 23.3 Å². The molecular weight excluding hydrogens is 189 g/mol. The Morgan fingerprint density at radius 2 is 1.33 bits per heavy atom. The lowest BCUT2D eigenvalue weighted by atomic mass is 10.00. The summed E-state index contributed by atoms with van der Waals surface area (Å²) in [4.78, 5) is 0. The second kappa shape index (κ2) is 4.24. The van der Waals surface area contributed by atoms with E-state index in [0.29, 0.717) is 0 Å². The smallest absolute Gasteiger partial charge is 0.123 e. The Morgan fingerprint density at radius 1 is 0.800 bits per heavy atom. The van der Waals surface area contributed by atoms with Gasteiger partial charge in [0.25, 0.3) is 0 Å². The Balaban J connectivity index is 2.29. The minimum atomic E-state index is -0.237. The highest BCUT2D eigenvalue weighted by molar-refractivity contribution is 5.31. The van der Waals surface area contributed by atoms with Gasteiger partial charge in [-0.1, -0.05) is 42.5 Å². The molecule has 0 amide bonds. The minimum absolute atomic E-state index is 0.188. The van der Waals surface area contributed by atoms with Gasteiger partial charge in [-0.3, -0.25) is 0 Å². The first kappa shape index (κ1) is 9.87. The molecule has 76 valence electrons. The number of benzene rings is 2. The molecule has 2 aromatic rings. The van der Waals surface area contributed by atoms with Gasteiger partial charge < -0.3 is 5.73 Å². The molecule has 2 rings (SSSR count). The lowest BCUT2D eigenvalue weighted by Crippen LogP contribution is -2.11. The highest BCUT2D eigenvalue weighted by atomic mass is 19.1. The van der Waals surface area contributed by atoms with E-state index in [1.807, 2.05) is 30.3 Å². The Labute approximate surface area is 88.4 Å². The molecule has 1 unspecified atom stereocenters. The SMILES string of the molecule is NC(c1ccccc1)c1ccc(F)cc1. The number of halogens is 1. The van der Waals surface area contributed by atoms with Gasteiger partial charge in [-0.25, -0.2) is 4.39 Å². The van der Waals surface area contributed by atoms with E-state index in [2.05, 4.69) is 0 Å². The standard InChI is InChI=1S/C13H12FN/c14-12-8-6-11(7-9-12)13(15)10-4-2-1-3-5-10/h1-9,13H,15H2. The number of nitrogens with two attached hydrogens (primary N) is 1. The van der Waals surface area contributed by atoms with Gasteiger partial charge in [0.1, 0.15) is 5.82 Å². The van der Waals surface area contributed by atoms with Crippen molar-refractivity contribution in [2.45, 2.75) is 6.04 Å². The van der Waals surface area contributed by atoms with Crippen molar-refractivity contribution in [3.63, 3.8) is 0 Å². The number of hydrogen-bond acceptors (Lipinski definition) is 1. The first-order valence-electron chi connectivity index (χ1n) is 4.83. The molecule has 0 fully saturated rings. The van der Waals surface area contributed by atoms with E-state index >= 15 is 0 Å². The predicted molar refractivity (Wildman–Crippen MR) is 58.9 cm³/mol. The molecule has 0 heterocycles. The zero-order valence-electron chi connectivity index (χ0n) is 8.23. The molecule has 0 aliphatic heterocycles. The van der Waals surface area contributed by atoms with Crippen molar-refractivity contribution in [1.82, 2.24) is 0 Å². The topological polar surface area (TPSA) is 26.0 Å². The van der Waals surface area contributed by atoms with E-state index in [4.69, 9.17) is 5.73 Å². The van der Waals surface area contributed by atoms with Crippen molar-refractivity contribution >= 4 is 0 Å². The van der Waals surface area contributed by atoms with Gasteiger partial charge in [-0.2, -0.15) is 0 Å². The van der Waals surface area contributed by atoms with Crippen LogP contribution in [0, 0.1) is 5.82 Å². The normalized spacial score (nSPS) is 12.4. The zero-order chi connectivity index (χ0) is 10.7. The summed E-state index contributed by atoms with van der Waals surface area (Å²) >= 11 is 0. The van der Waals surface area contributed by atoms with Crippen LogP contribution in [0.2, 0.25) is 0 Å². The molecule has 0 bridgehead atoms. The summed E-state index contributed by atoms with van der Waals surface area (Å²) in [6.45, 7) is 0. The van der Waals surface area contributed by atoms with Crippen LogP contribution in [0.1, 0.15) is 17.2 Å². The largest absolute Gasteiger partial charge is 0.320 e. The lowest BCUT2D eigenvalue weighted by Gasteiger charge is -2.11. The molecule has 15 heavy (non-hydrogen) atoms. The highest BCUT2D eigenvalue weighted by Gasteiger charge is 2.07. The van der Waals surface area contributed by atoms with Gasteiger partial charge >= 0.3 is 0 Å². The lowest BCUT2D eigenvalue weighted by molar-refractivity contribution is 0.626. The molecule has 0 radical (unpaired) electrons. The third-order valence-corrected chi connectivity index (χ3v) is 2.39. The fourth-order valence-electron chi connectivity index (χ4n) is 1.52. The molecule has 1 nitrogen and oxygen atoms in total. The average molecular weight is 201 g/mol. The van der Waals surface area contributed by atoms with Crippen LogP contribution in [0.25, 0.3) is 0 Å². The summed E-state index contributed by atoms with van der Waals surface area (Å²) in [5.74, 6) is -0.237. The molecule has 0 aromatic heterocycles. The van der Waals surface area contributed by atoms with Crippen molar-refractivity contribution in [3.05, 3.63) is 71.5 Å². The minimum Gasteiger partial charge on any atom is -0.320 e. The van der Waals surface area contributed by atoms with Crippen LogP contribution in [0.5, 0.6) is 0 Å². The van der Waals surface area contributed by atoms with Crippen LogP contribution in [-0.4, -0.2) is 0 Å². The van der Waals surface area contributed by atoms with Gasteiger partial charge in [-0.15, -0.1) is 0 Å². The van der Waals surface area contributed by atoms with Crippen molar-refractivity contribution in [1.29, 1.82) is 0 Å². The predicted octanol–water partition coefficient (Wildman–Crippen LogP) is 2.87. The van der Waals surface area contributed by atoms with E-state index in [1.165, 1.54) is 12.1 Å². The van der Waals surface area contributed by atoms with Gasteiger partial charge in [0.05, 0.1) is 6.04 Å². The zero-order valence-corrected chi connectivity index (χ0v) is 8.23. The summed E-state index contributed by atoms with van der Waals surface area (Å²) in [5, 5.41) is 0. The number of hydrogen-bond donors (Lipinski definition) is 1. The fourth-order valence-corrected chi connectivity index (χ4v) is 1.52.